The van der Waals surface area contributed by atoms with Gasteiger partial charge >= 0.3 is 12.2 Å². The zero-order chi connectivity index (χ0) is 19.2. The van der Waals surface area contributed by atoms with Crippen LogP contribution >= 0.6 is 0 Å². The Kier molecular flexibility index (Phi) is 6.92. The number of nitrogens with two attached hydrogens (primary N) is 1. The molecule has 0 spiro atoms. The molecule has 0 fully saturated rings. The van der Waals surface area contributed by atoms with Crippen LogP contribution in [-0.2, 0) is 15.8 Å². The van der Waals surface area contributed by atoms with Crippen LogP contribution in [0.1, 0.15) is 19.4 Å². The minimum atomic E-state index is -4.61. The number of amides is 4. The number of anilines is 1. The third-order valence-electron chi connectivity index (χ3n) is 3.43. The van der Waals surface area contributed by atoms with Crippen LogP contribution in [0.5, 0.6) is 0 Å². The maximum absolute atomic E-state index is 12.9. The topological polar surface area (TPSA) is 105 Å². The fraction of sp³-hybridized carbons (Fsp3) is 0.400. The van der Waals surface area contributed by atoms with E-state index in [0.29, 0.717) is 0 Å². The van der Waals surface area contributed by atoms with Gasteiger partial charge in [0.25, 0.3) is 0 Å². The summed E-state index contributed by atoms with van der Waals surface area (Å²) in [6.45, 7) is 3.02. The number of carbonyl (C=O) groups is 3. The predicted octanol–water partition coefficient (Wildman–Crippen LogP) is 1.55. The van der Waals surface area contributed by atoms with Gasteiger partial charge in [0.1, 0.15) is 0 Å². The minimum absolute atomic E-state index is 0.252. The number of para-hydroxylation sites is 1. The van der Waals surface area contributed by atoms with Crippen LogP contribution in [0.15, 0.2) is 24.3 Å². The molecule has 1 rings (SSSR count). The Morgan fingerprint density at radius 1 is 1.24 bits per heavy atom. The molecule has 10 heteroatoms. The van der Waals surface area contributed by atoms with Crippen molar-refractivity contribution in [3.05, 3.63) is 29.8 Å². The molecule has 1 aromatic rings. The van der Waals surface area contributed by atoms with E-state index in [9.17, 15) is 27.6 Å². The van der Waals surface area contributed by atoms with Gasteiger partial charge in [-0.05, 0) is 25.6 Å². The van der Waals surface area contributed by atoms with E-state index in [1.54, 1.807) is 6.92 Å². The van der Waals surface area contributed by atoms with Gasteiger partial charge in [-0.25, -0.2) is 4.79 Å². The van der Waals surface area contributed by atoms with Crippen molar-refractivity contribution in [1.82, 2.24) is 10.2 Å². The van der Waals surface area contributed by atoms with Crippen LogP contribution < -0.4 is 16.4 Å². The molecular weight excluding hydrogens is 341 g/mol. The molecule has 0 aliphatic carbocycles. The number of halogens is 3. The first kappa shape index (κ1) is 20.4. The molecule has 0 heterocycles. The molecule has 4 N–H and O–H groups in total. The van der Waals surface area contributed by atoms with E-state index in [4.69, 9.17) is 5.73 Å². The lowest BCUT2D eigenvalue weighted by Gasteiger charge is -2.26. The van der Waals surface area contributed by atoms with E-state index in [2.05, 4.69) is 5.32 Å². The fourth-order valence-corrected chi connectivity index (χ4v) is 2.13. The molecular formula is C15H19F3N4O3. The monoisotopic (exact) mass is 360 g/mol. The summed E-state index contributed by atoms with van der Waals surface area (Å²) in [5.74, 6) is -1.44. The number of nitrogens with one attached hydrogen (secondary N) is 2. The Morgan fingerprint density at radius 3 is 2.36 bits per heavy atom. The summed E-state index contributed by atoms with van der Waals surface area (Å²) in [4.78, 5) is 35.9. The Balaban J connectivity index is 2.81. The number of rotatable bonds is 6. The normalized spacial score (nSPS) is 12.6. The summed E-state index contributed by atoms with van der Waals surface area (Å²) < 4.78 is 38.8. The number of alkyl halides is 3. The molecule has 1 atom stereocenters. The molecule has 0 aromatic heterocycles. The van der Waals surface area contributed by atoms with E-state index in [0.717, 1.165) is 12.1 Å². The van der Waals surface area contributed by atoms with Gasteiger partial charge in [-0.2, -0.15) is 13.2 Å². The largest absolute Gasteiger partial charge is 0.418 e. The maximum atomic E-state index is 12.9. The number of likely N-dealkylation sites (N-methyl/N-ethyl adjacent to an activating group) is 1. The zero-order valence-corrected chi connectivity index (χ0v) is 13.7. The van der Waals surface area contributed by atoms with Crippen LogP contribution in [0, 0.1) is 0 Å². The quantitative estimate of drug-likeness (QED) is 0.716. The van der Waals surface area contributed by atoms with Gasteiger partial charge in [-0.3, -0.25) is 19.8 Å². The van der Waals surface area contributed by atoms with Crippen molar-refractivity contribution < 1.29 is 27.6 Å². The lowest BCUT2D eigenvalue weighted by molar-refractivity contribution is -0.137. The average Bonchev–Trinajstić information content (AvgIpc) is 2.50. The Hall–Kier alpha value is -2.62. The number of carbonyl (C=O) groups excluding carboxylic acids is 3. The van der Waals surface area contributed by atoms with E-state index in [1.165, 1.54) is 24.0 Å². The molecule has 0 saturated heterocycles. The summed E-state index contributed by atoms with van der Waals surface area (Å²) in [6.07, 6.45) is -4.61. The summed E-state index contributed by atoms with van der Waals surface area (Å²) >= 11 is 0. The van der Waals surface area contributed by atoms with Crippen molar-refractivity contribution in [3.8, 4) is 0 Å². The van der Waals surface area contributed by atoms with Crippen LogP contribution in [0.4, 0.5) is 23.7 Å². The first-order chi connectivity index (χ1) is 11.6. The van der Waals surface area contributed by atoms with Crippen molar-refractivity contribution in [2.45, 2.75) is 26.1 Å². The highest BCUT2D eigenvalue weighted by molar-refractivity contribution is 5.97. The van der Waals surface area contributed by atoms with Gasteiger partial charge in [-0.1, -0.05) is 19.1 Å². The van der Waals surface area contributed by atoms with Gasteiger partial charge in [0.2, 0.25) is 11.8 Å². The maximum Gasteiger partial charge on any atom is 0.418 e. The van der Waals surface area contributed by atoms with Crippen molar-refractivity contribution >= 4 is 23.5 Å². The molecule has 0 aliphatic rings. The summed E-state index contributed by atoms with van der Waals surface area (Å²) in [6, 6.07) is 2.67. The second-order valence-corrected chi connectivity index (χ2v) is 5.18. The van der Waals surface area contributed by atoms with Gasteiger partial charge < -0.3 is 11.1 Å². The molecule has 25 heavy (non-hydrogen) atoms. The van der Waals surface area contributed by atoms with E-state index < -0.39 is 35.6 Å². The Morgan fingerprint density at radius 2 is 1.84 bits per heavy atom. The fourth-order valence-electron chi connectivity index (χ4n) is 2.13. The zero-order valence-electron chi connectivity index (χ0n) is 13.7. The molecule has 7 nitrogen and oxygen atoms in total. The van der Waals surface area contributed by atoms with Gasteiger partial charge in [-0.15, -0.1) is 0 Å². The van der Waals surface area contributed by atoms with Crippen LogP contribution in [-0.4, -0.2) is 41.9 Å². The number of imide groups is 1. The molecule has 0 saturated carbocycles. The number of nitrogens with zero attached hydrogens (tertiary/aromatic N) is 1. The number of urea groups is 1. The highest BCUT2D eigenvalue weighted by Gasteiger charge is 2.33. The van der Waals surface area contributed by atoms with E-state index in [-0.39, 0.29) is 18.8 Å². The van der Waals surface area contributed by atoms with Crippen molar-refractivity contribution in [2.24, 2.45) is 5.73 Å². The minimum Gasteiger partial charge on any atom is -0.351 e. The average molecular weight is 360 g/mol. The third kappa shape index (κ3) is 6.07. The number of benzene rings is 1. The van der Waals surface area contributed by atoms with E-state index in [1.807, 2.05) is 5.32 Å². The lowest BCUT2D eigenvalue weighted by Crippen LogP contribution is -2.50. The highest BCUT2D eigenvalue weighted by atomic mass is 19.4. The van der Waals surface area contributed by atoms with Crippen molar-refractivity contribution in [2.75, 3.05) is 18.4 Å². The predicted molar refractivity (Wildman–Crippen MR) is 84.5 cm³/mol. The van der Waals surface area contributed by atoms with Crippen LogP contribution in [0.25, 0.3) is 0 Å². The lowest BCUT2D eigenvalue weighted by atomic mass is 10.1. The first-order valence-electron chi connectivity index (χ1n) is 7.36. The molecule has 0 aliphatic heterocycles. The summed E-state index contributed by atoms with van der Waals surface area (Å²) in [5, 5.41) is 4.08. The number of hydrogen-bond acceptors (Lipinski definition) is 4. The van der Waals surface area contributed by atoms with Gasteiger partial charge in [0.15, 0.2) is 0 Å². The second kappa shape index (κ2) is 8.47. The van der Waals surface area contributed by atoms with Crippen molar-refractivity contribution in [3.63, 3.8) is 0 Å². The summed E-state index contributed by atoms with van der Waals surface area (Å²) in [5.41, 5.74) is 3.52. The Bertz CT molecular complexity index is 649. The highest BCUT2D eigenvalue weighted by Crippen LogP contribution is 2.34. The molecule has 1 aromatic carbocycles. The van der Waals surface area contributed by atoms with Gasteiger partial charge in [0.05, 0.1) is 23.8 Å². The van der Waals surface area contributed by atoms with Crippen molar-refractivity contribution in [1.29, 1.82) is 0 Å². The first-order valence-corrected chi connectivity index (χ1v) is 7.36. The number of hydrogen-bond donors (Lipinski definition) is 3. The van der Waals surface area contributed by atoms with E-state index >= 15 is 0 Å². The molecule has 0 radical (unpaired) electrons. The summed E-state index contributed by atoms with van der Waals surface area (Å²) in [7, 11) is 0. The van der Waals surface area contributed by atoms with Gasteiger partial charge in [0, 0.05) is 0 Å². The smallest absolute Gasteiger partial charge is 0.351 e. The standard InChI is InChI=1S/C15H19F3N4O3/c1-3-22(9(2)13(24)21-14(19)25)8-12(23)20-11-7-5-4-6-10(11)15(16,17)18/h4-7,9H,3,8H2,1-2H3,(H,20,23)(H3,19,21,24,25)/t9-/m0/s1. The molecule has 0 bridgehead atoms. The van der Waals surface area contributed by atoms with Crippen LogP contribution in [0.2, 0.25) is 0 Å². The molecule has 4 amide bonds. The number of primary amides is 1. The second-order valence-electron chi connectivity index (χ2n) is 5.18. The van der Waals surface area contributed by atoms with Crippen LogP contribution in [0.3, 0.4) is 0 Å². The third-order valence-corrected chi connectivity index (χ3v) is 3.43. The SMILES string of the molecule is CCN(CC(=O)Nc1ccccc1C(F)(F)F)[C@@H](C)C(=O)NC(N)=O. The Labute approximate surface area is 142 Å². The molecule has 138 valence electrons. The molecule has 0 unspecified atom stereocenters.